The number of hydrogen-bond donors (Lipinski definition) is 4. The van der Waals surface area contributed by atoms with E-state index in [-0.39, 0.29) is 29.3 Å². The van der Waals surface area contributed by atoms with Gasteiger partial charge in [-0.1, -0.05) is 6.07 Å². The molecule has 0 aliphatic carbocycles. The Hall–Kier alpha value is -3.46. The molecule has 1 fully saturated rings. The number of benzene rings is 1. The minimum absolute atomic E-state index is 0.122. The van der Waals surface area contributed by atoms with E-state index in [4.69, 9.17) is 25.2 Å². The number of halogens is 1. The normalized spacial score (nSPS) is 16.7. The van der Waals surface area contributed by atoms with E-state index in [0.717, 1.165) is 42.8 Å². The van der Waals surface area contributed by atoms with Crippen LogP contribution >= 0.6 is 11.3 Å². The minimum Gasteiger partial charge on any atom is -0.481 e. The third-order valence-corrected chi connectivity index (χ3v) is 8.54. The Morgan fingerprint density at radius 1 is 1.14 bits per heavy atom. The molecule has 1 unspecified atom stereocenters. The van der Waals surface area contributed by atoms with Crippen molar-refractivity contribution >= 4 is 35.2 Å². The van der Waals surface area contributed by atoms with Gasteiger partial charge in [0.25, 0.3) is 0 Å². The number of aliphatic hydroxyl groups is 1. The van der Waals surface area contributed by atoms with E-state index in [1.54, 1.807) is 17.4 Å². The monoisotopic (exact) mass is 623 g/mol. The molecule has 2 aliphatic heterocycles. The third-order valence-electron chi connectivity index (χ3n) is 7.90. The number of aliphatic carboxylic acids is 3. The van der Waals surface area contributed by atoms with E-state index in [2.05, 4.69) is 9.88 Å². The molecule has 2 aromatic rings. The Morgan fingerprint density at radius 2 is 1.77 bits per heavy atom. The van der Waals surface area contributed by atoms with Gasteiger partial charge < -0.3 is 35.0 Å². The van der Waals surface area contributed by atoms with Gasteiger partial charge in [-0.3, -0.25) is 14.4 Å². The fraction of sp³-hybridized carbons (Fsp3) is 0.552. The molecule has 1 aromatic carbocycles. The molecule has 1 saturated heterocycles. The highest BCUT2D eigenvalue weighted by molar-refractivity contribution is 7.07. The van der Waals surface area contributed by atoms with Crippen LogP contribution in [-0.4, -0.2) is 97.3 Å². The second-order valence-corrected chi connectivity index (χ2v) is 12.0. The maximum Gasteiger partial charge on any atom is 0.336 e. The predicted molar refractivity (Wildman–Crippen MR) is 153 cm³/mol. The average Bonchev–Trinajstić information content (AvgIpc) is 3.56. The molecule has 2 aliphatic rings. The molecule has 0 bridgehead atoms. The first-order chi connectivity index (χ1) is 20.2. The second-order valence-electron chi connectivity index (χ2n) is 11.3. The van der Waals surface area contributed by atoms with Crippen LogP contribution in [0.1, 0.15) is 56.4 Å². The highest BCUT2D eigenvalue weighted by Crippen LogP contribution is 2.44. The van der Waals surface area contributed by atoms with Crippen molar-refractivity contribution in [3.05, 3.63) is 51.7 Å². The third kappa shape index (κ3) is 8.78. The Balaban J connectivity index is 0.000000331. The van der Waals surface area contributed by atoms with Gasteiger partial charge in [-0.2, -0.15) is 0 Å². The van der Waals surface area contributed by atoms with E-state index in [0.29, 0.717) is 19.6 Å². The molecule has 3 heterocycles. The smallest absolute Gasteiger partial charge is 0.336 e. The number of carboxylic acid groups (broad SMARTS) is 3. The number of ether oxygens (including phenoxy) is 1. The predicted octanol–water partition coefficient (Wildman–Crippen LogP) is 2.58. The van der Waals surface area contributed by atoms with E-state index >= 15 is 0 Å². The van der Waals surface area contributed by atoms with Crippen LogP contribution < -0.4 is 0 Å². The van der Waals surface area contributed by atoms with Gasteiger partial charge in [-0.15, -0.1) is 11.3 Å². The lowest BCUT2D eigenvalue weighted by Gasteiger charge is -2.40. The first kappa shape index (κ1) is 34.0. The zero-order chi connectivity index (χ0) is 31.9. The molecule has 14 heteroatoms. The SMILES string of the molecule is CC(C)N(C)C(=O)C(Cc1cscn1)CN1CCC2(CC1)OCc1ccc(F)cc12.O=C(O)CC(O)(CC(=O)O)C(=O)O. The van der Waals surface area contributed by atoms with Gasteiger partial charge in [0.1, 0.15) is 5.82 Å². The Bertz CT molecular complexity index is 1280. The Kier molecular flexibility index (Phi) is 11.4. The van der Waals surface area contributed by atoms with Crippen molar-refractivity contribution in [2.24, 2.45) is 5.92 Å². The number of likely N-dealkylation sites (tertiary alicyclic amines) is 1. The second kappa shape index (κ2) is 14.3. The van der Waals surface area contributed by atoms with Gasteiger partial charge >= 0.3 is 17.9 Å². The van der Waals surface area contributed by atoms with Crippen molar-refractivity contribution in [3.63, 3.8) is 0 Å². The molecule has 236 valence electrons. The number of amides is 1. The molecule has 4 N–H and O–H groups in total. The van der Waals surface area contributed by atoms with Gasteiger partial charge in [-0.25, -0.2) is 14.2 Å². The summed E-state index contributed by atoms with van der Waals surface area (Å²) in [5, 5.41) is 35.8. The summed E-state index contributed by atoms with van der Waals surface area (Å²) >= 11 is 1.56. The number of piperidine rings is 1. The van der Waals surface area contributed by atoms with Crippen LogP contribution in [0.5, 0.6) is 0 Å². The first-order valence-corrected chi connectivity index (χ1v) is 14.8. The Morgan fingerprint density at radius 3 is 2.28 bits per heavy atom. The standard InChI is InChI=1S/C23H30FN3O2S.C6H8O7/c1-16(2)26(3)22(28)18(10-20-14-30-15-25-20)12-27-8-6-23(7-9-27)21-11-19(24)5-4-17(21)13-29-23;7-3(8)1-6(13,5(11)12)2-4(9)10/h4-5,11,14-16,18H,6-10,12-13H2,1-3H3;13H,1-2H2,(H,7,8)(H,9,10)(H,11,12). The van der Waals surface area contributed by atoms with Crippen LogP contribution in [0.2, 0.25) is 0 Å². The van der Waals surface area contributed by atoms with E-state index in [1.807, 2.05) is 42.8 Å². The summed E-state index contributed by atoms with van der Waals surface area (Å²) in [6.07, 6.45) is 0.0109. The van der Waals surface area contributed by atoms with Crippen molar-refractivity contribution in [2.75, 3.05) is 26.7 Å². The zero-order valence-electron chi connectivity index (χ0n) is 24.4. The molecule has 1 aromatic heterocycles. The number of rotatable bonds is 11. The summed E-state index contributed by atoms with van der Waals surface area (Å²) in [7, 11) is 1.88. The van der Waals surface area contributed by atoms with Crippen molar-refractivity contribution in [1.82, 2.24) is 14.8 Å². The Labute approximate surface area is 252 Å². The van der Waals surface area contributed by atoms with Crippen molar-refractivity contribution in [2.45, 2.75) is 69.8 Å². The number of carboxylic acids is 3. The van der Waals surface area contributed by atoms with Crippen LogP contribution in [0.3, 0.4) is 0 Å². The van der Waals surface area contributed by atoms with E-state index in [1.165, 1.54) is 6.07 Å². The van der Waals surface area contributed by atoms with E-state index in [9.17, 15) is 23.6 Å². The highest BCUT2D eigenvalue weighted by Gasteiger charge is 2.43. The summed E-state index contributed by atoms with van der Waals surface area (Å²) in [5.41, 5.74) is 1.79. The van der Waals surface area contributed by atoms with Crippen molar-refractivity contribution in [3.8, 4) is 0 Å². The molecule has 0 saturated carbocycles. The topological polar surface area (TPSA) is 178 Å². The van der Waals surface area contributed by atoms with Crippen LogP contribution in [0.15, 0.2) is 29.1 Å². The van der Waals surface area contributed by atoms with Gasteiger partial charge in [0.2, 0.25) is 5.91 Å². The average molecular weight is 624 g/mol. The van der Waals surface area contributed by atoms with Gasteiger partial charge in [-0.05, 0) is 49.9 Å². The fourth-order valence-corrected chi connectivity index (χ4v) is 5.86. The molecule has 43 heavy (non-hydrogen) atoms. The first-order valence-electron chi connectivity index (χ1n) is 13.8. The summed E-state index contributed by atoms with van der Waals surface area (Å²) in [6.45, 7) is 7.01. The molecule has 1 atom stereocenters. The summed E-state index contributed by atoms with van der Waals surface area (Å²) in [5.74, 6) is -5.17. The van der Waals surface area contributed by atoms with Crippen molar-refractivity contribution in [1.29, 1.82) is 0 Å². The quantitative estimate of drug-likeness (QED) is 0.289. The molecular weight excluding hydrogens is 585 g/mol. The highest BCUT2D eigenvalue weighted by atomic mass is 32.1. The number of fused-ring (bicyclic) bond motifs is 2. The molecule has 4 rings (SSSR count). The largest absolute Gasteiger partial charge is 0.481 e. The van der Waals surface area contributed by atoms with Crippen LogP contribution in [-0.2, 0) is 42.5 Å². The van der Waals surface area contributed by atoms with Crippen LogP contribution in [0.4, 0.5) is 4.39 Å². The lowest BCUT2D eigenvalue weighted by Crippen LogP contribution is -2.48. The van der Waals surface area contributed by atoms with Gasteiger partial charge in [0.05, 0.1) is 42.2 Å². The van der Waals surface area contributed by atoms with Crippen molar-refractivity contribution < 1.29 is 48.7 Å². The molecule has 0 radical (unpaired) electrons. The van der Waals surface area contributed by atoms with Crippen LogP contribution in [0, 0.1) is 11.7 Å². The number of carbonyl (C=O) groups excluding carboxylic acids is 1. The number of thiazole rings is 1. The summed E-state index contributed by atoms with van der Waals surface area (Å²) in [4.78, 5) is 52.2. The lowest BCUT2D eigenvalue weighted by molar-refractivity contribution is -0.170. The summed E-state index contributed by atoms with van der Waals surface area (Å²) in [6, 6.07) is 5.16. The zero-order valence-corrected chi connectivity index (χ0v) is 25.2. The fourth-order valence-electron chi connectivity index (χ4n) is 5.29. The molecular formula is C29H38FN3O9S. The minimum atomic E-state index is -2.74. The maximum absolute atomic E-state index is 13.8. The van der Waals surface area contributed by atoms with E-state index < -0.39 is 36.4 Å². The summed E-state index contributed by atoms with van der Waals surface area (Å²) < 4.78 is 20.0. The van der Waals surface area contributed by atoms with Crippen LogP contribution in [0.25, 0.3) is 0 Å². The molecule has 1 amide bonds. The van der Waals surface area contributed by atoms with Gasteiger partial charge in [0, 0.05) is 44.5 Å². The molecule has 12 nitrogen and oxygen atoms in total. The molecule has 1 spiro atoms. The number of hydrogen-bond acceptors (Lipinski definition) is 9. The number of aromatic nitrogens is 1. The number of carbonyl (C=O) groups is 4. The lowest BCUT2D eigenvalue weighted by atomic mass is 9.83. The van der Waals surface area contributed by atoms with Gasteiger partial charge in [0.15, 0.2) is 5.60 Å². The maximum atomic E-state index is 13.8. The number of nitrogens with zero attached hydrogens (tertiary/aromatic N) is 3.